The zero-order chi connectivity index (χ0) is 66.1. The van der Waals surface area contributed by atoms with Gasteiger partial charge in [0.1, 0.15) is 0 Å². The molecular formula is C94H81BN2. The van der Waals surface area contributed by atoms with Crippen LogP contribution in [0.5, 0.6) is 0 Å². The van der Waals surface area contributed by atoms with E-state index in [4.69, 9.17) is 0 Å². The van der Waals surface area contributed by atoms with Crippen LogP contribution in [0.4, 0.5) is 34.1 Å². The third kappa shape index (κ3) is 10.3. The number of hydrogen-bond acceptors (Lipinski definition) is 2. The van der Waals surface area contributed by atoms with Gasteiger partial charge in [0.25, 0.3) is 6.71 Å². The number of fused-ring (bicyclic) bond motifs is 4. The van der Waals surface area contributed by atoms with E-state index in [2.05, 4.69) is 369 Å². The molecule has 470 valence electrons. The fourth-order valence-electron chi connectivity index (χ4n) is 16.8. The summed E-state index contributed by atoms with van der Waals surface area (Å²) >= 11 is 0. The summed E-state index contributed by atoms with van der Waals surface area (Å²) in [5, 5.41) is 0. The van der Waals surface area contributed by atoms with Gasteiger partial charge in [-0.15, -0.1) is 0 Å². The molecule has 0 saturated carbocycles. The lowest BCUT2D eigenvalue weighted by Gasteiger charge is -2.48. The molecule has 0 radical (unpaired) electrons. The first-order valence-electron chi connectivity index (χ1n) is 35.0. The number of nitrogens with zero attached hydrogens (tertiary/aromatic N) is 2. The number of hydrogen-bond donors (Lipinski definition) is 0. The molecule has 3 atom stereocenters. The smallest absolute Gasteiger partial charge is 0.252 e. The van der Waals surface area contributed by atoms with Crippen LogP contribution in [0.1, 0.15) is 79.9 Å². The highest BCUT2D eigenvalue weighted by Crippen LogP contribution is 2.59. The summed E-state index contributed by atoms with van der Waals surface area (Å²) in [4.78, 5) is 5.39. The zero-order valence-corrected chi connectivity index (χ0v) is 57.2. The largest absolute Gasteiger partial charge is 0.310 e. The minimum atomic E-state index is -0.224. The molecule has 11 aromatic carbocycles. The van der Waals surface area contributed by atoms with Crippen molar-refractivity contribution in [3.63, 3.8) is 0 Å². The average molecular weight is 1250 g/mol. The first-order valence-corrected chi connectivity index (χ1v) is 35.0. The Labute approximate surface area is 574 Å². The van der Waals surface area contributed by atoms with Gasteiger partial charge in [-0.1, -0.05) is 341 Å². The molecule has 17 rings (SSSR count). The summed E-state index contributed by atoms with van der Waals surface area (Å²) in [6.07, 6.45) is 16.6. The molecule has 2 nitrogen and oxygen atoms in total. The third-order valence-electron chi connectivity index (χ3n) is 21.7. The van der Waals surface area contributed by atoms with Crippen molar-refractivity contribution in [3.05, 3.63) is 336 Å². The van der Waals surface area contributed by atoms with Gasteiger partial charge in [0.2, 0.25) is 0 Å². The van der Waals surface area contributed by atoms with Gasteiger partial charge in [-0.25, -0.2) is 0 Å². The van der Waals surface area contributed by atoms with Gasteiger partial charge in [-0.3, -0.25) is 0 Å². The van der Waals surface area contributed by atoms with Crippen molar-refractivity contribution < 1.29 is 0 Å². The van der Waals surface area contributed by atoms with E-state index >= 15 is 0 Å². The maximum absolute atomic E-state index is 2.71. The Morgan fingerprint density at radius 2 is 0.794 bits per heavy atom. The summed E-state index contributed by atoms with van der Waals surface area (Å²) in [6.45, 7) is 21.1. The van der Waals surface area contributed by atoms with Gasteiger partial charge in [-0.05, 0) is 153 Å². The number of rotatable bonds is 9. The summed E-state index contributed by atoms with van der Waals surface area (Å²) in [7, 11) is 0. The molecular weight excluding hydrogens is 1170 g/mol. The second-order valence-electron chi connectivity index (χ2n) is 30.8. The molecule has 0 fully saturated rings. The number of benzene rings is 11. The number of anilines is 6. The van der Waals surface area contributed by atoms with Gasteiger partial charge < -0.3 is 9.80 Å². The molecule has 4 aliphatic carbocycles. The number of allylic oxidation sites excluding steroid dienone is 12. The van der Waals surface area contributed by atoms with Crippen LogP contribution in [-0.4, -0.2) is 6.71 Å². The van der Waals surface area contributed by atoms with Crippen molar-refractivity contribution in [1.29, 1.82) is 0 Å². The van der Waals surface area contributed by atoms with Crippen molar-refractivity contribution in [2.45, 2.75) is 74.1 Å². The van der Waals surface area contributed by atoms with Crippen LogP contribution in [-0.2, 0) is 5.41 Å². The summed E-state index contributed by atoms with van der Waals surface area (Å²) in [5.41, 5.74) is 35.8. The Kier molecular flexibility index (Phi) is 14.4. The minimum absolute atomic E-state index is 0.0257. The van der Waals surface area contributed by atoms with E-state index in [1.807, 2.05) is 0 Å². The first-order chi connectivity index (χ1) is 47.0. The second-order valence-corrected chi connectivity index (χ2v) is 30.8. The highest BCUT2D eigenvalue weighted by Gasteiger charge is 2.48. The molecule has 0 amide bonds. The molecule has 0 spiro atoms. The molecule has 0 saturated heterocycles. The first kappa shape index (κ1) is 60.2. The molecule has 3 heteroatoms. The topological polar surface area (TPSA) is 6.48 Å². The lowest BCUT2D eigenvalue weighted by molar-refractivity contribution is 0.328. The Bertz CT molecular complexity index is 5030. The molecule has 0 N–H and O–H groups in total. The summed E-state index contributed by atoms with van der Waals surface area (Å²) in [5.74, 6) is 1.05. The quantitative estimate of drug-likeness (QED) is 0.133. The molecule has 2 aliphatic heterocycles. The van der Waals surface area contributed by atoms with Crippen LogP contribution in [0.2, 0.25) is 0 Å². The van der Waals surface area contributed by atoms with Crippen molar-refractivity contribution in [1.82, 2.24) is 0 Å². The summed E-state index contributed by atoms with van der Waals surface area (Å²) in [6, 6.07) is 99.0. The van der Waals surface area contributed by atoms with Crippen molar-refractivity contribution in [2.75, 3.05) is 9.80 Å². The van der Waals surface area contributed by atoms with Crippen LogP contribution in [0.15, 0.2) is 325 Å². The minimum Gasteiger partial charge on any atom is -0.310 e. The van der Waals surface area contributed by atoms with Crippen LogP contribution in [0.25, 0.3) is 72.3 Å². The third-order valence-corrected chi connectivity index (χ3v) is 21.7. The van der Waals surface area contributed by atoms with Gasteiger partial charge in [0, 0.05) is 56.8 Å². The molecule has 0 aromatic heterocycles. The van der Waals surface area contributed by atoms with E-state index in [0.29, 0.717) is 11.8 Å². The van der Waals surface area contributed by atoms with E-state index in [-0.39, 0.29) is 28.9 Å². The molecule has 6 aliphatic rings. The second kappa shape index (κ2) is 23.1. The predicted octanol–water partition coefficient (Wildman–Crippen LogP) is 23.5. The average Bonchev–Trinajstić information content (AvgIpc) is 0.704. The van der Waals surface area contributed by atoms with Gasteiger partial charge >= 0.3 is 0 Å². The maximum atomic E-state index is 2.71. The molecule has 11 aromatic rings. The molecule has 3 unspecified atom stereocenters. The lowest BCUT2D eigenvalue weighted by atomic mass is 9.33. The van der Waals surface area contributed by atoms with E-state index in [1.54, 1.807) is 0 Å². The lowest BCUT2D eigenvalue weighted by Crippen LogP contribution is -2.61. The van der Waals surface area contributed by atoms with Gasteiger partial charge in [0.05, 0.1) is 11.4 Å². The summed E-state index contributed by atoms with van der Waals surface area (Å²) < 4.78 is 0. The number of para-hydroxylation sites is 2. The normalized spacial score (nSPS) is 17.5. The standard InChI is InChI=1S/C94H81BN2/c1-92(2,3)72-47-43-61(44-48-72)70-57-85-89-86(58-70)97(91-77(64-33-21-13-22-34-64)39-26-40-78(91)65-35-23-14-24-36-65)84-50-46-67(79-54-71-53-73(93(4,5)6)51-68-41-42-69-52-74(94(7,8)9)59-80(79)88(69)87(68)71)56-82(84)95(89)81-55-66(60-27-15-10-16-28-60)45-49-83(81)96(85)90-75(62-29-17-11-18-30-62)37-25-38-76(90)63-31-19-12-20-32-63/h10-50,52-59,68,87-88H,51H2,1-9H3. The van der Waals surface area contributed by atoms with Crippen molar-refractivity contribution >= 4 is 62.8 Å². The Morgan fingerprint density at radius 1 is 0.351 bits per heavy atom. The molecule has 97 heavy (non-hydrogen) atoms. The predicted molar refractivity (Wildman–Crippen MR) is 414 cm³/mol. The SMILES string of the molecule is CC(C)(C)C1=CC2=C(c3ccc4c(c3)B3c5cc(-c6ccccc6)ccc5N(c5c(-c6ccccc6)cccc5-c5ccccc5)c5cc(-c6ccc(C(C)(C)C)cc6)cc(c53)N4c3c(-c4ccccc4)cccc3-c3ccccc3)C=C3C=C(C(C)(C)C)CC4C=CC(=C1)C2C34. The van der Waals surface area contributed by atoms with Gasteiger partial charge in [0.15, 0.2) is 0 Å². The Balaban J connectivity index is 1.04. The molecule has 2 heterocycles. The van der Waals surface area contributed by atoms with Crippen molar-refractivity contribution in [2.24, 2.45) is 28.6 Å². The Hall–Kier alpha value is -10.5. The van der Waals surface area contributed by atoms with Crippen LogP contribution in [0.3, 0.4) is 0 Å². The zero-order valence-electron chi connectivity index (χ0n) is 57.2. The van der Waals surface area contributed by atoms with Crippen LogP contribution >= 0.6 is 0 Å². The maximum Gasteiger partial charge on any atom is 0.252 e. The van der Waals surface area contributed by atoms with Crippen LogP contribution in [0, 0.1) is 28.6 Å². The van der Waals surface area contributed by atoms with Crippen molar-refractivity contribution in [3.8, 4) is 66.8 Å². The van der Waals surface area contributed by atoms with E-state index in [0.717, 1.165) is 84.9 Å². The Morgan fingerprint density at radius 3 is 1.26 bits per heavy atom. The fraction of sp³-hybridized carbons (Fsp3) is 0.170. The highest BCUT2D eigenvalue weighted by molar-refractivity contribution is 7.00. The van der Waals surface area contributed by atoms with E-state index in [1.165, 1.54) is 83.3 Å². The van der Waals surface area contributed by atoms with E-state index < -0.39 is 0 Å². The monoisotopic (exact) mass is 1250 g/mol. The van der Waals surface area contributed by atoms with Crippen LogP contribution < -0.4 is 26.2 Å². The molecule has 0 bridgehead atoms. The van der Waals surface area contributed by atoms with Gasteiger partial charge in [-0.2, -0.15) is 0 Å². The van der Waals surface area contributed by atoms with E-state index in [9.17, 15) is 0 Å². The fourth-order valence-corrected chi connectivity index (χ4v) is 16.8. The highest BCUT2D eigenvalue weighted by atomic mass is 15.2.